The highest BCUT2D eigenvalue weighted by atomic mass is 16.6. The summed E-state index contributed by atoms with van der Waals surface area (Å²) in [4.78, 5) is 25.8. The molecule has 1 aliphatic heterocycles. The molecule has 0 radical (unpaired) electrons. The van der Waals surface area contributed by atoms with Gasteiger partial charge in [-0.2, -0.15) is 0 Å². The first kappa shape index (κ1) is 23.0. The van der Waals surface area contributed by atoms with Crippen molar-refractivity contribution in [3.05, 3.63) is 53.9 Å². The quantitative estimate of drug-likeness (QED) is 0.546. The summed E-state index contributed by atoms with van der Waals surface area (Å²) in [5.41, 5.74) is 0.154. The topological polar surface area (TPSA) is 103 Å². The van der Waals surface area contributed by atoms with Gasteiger partial charge in [-0.05, 0) is 66.6 Å². The number of carbonyl (C=O) groups is 2. The summed E-state index contributed by atoms with van der Waals surface area (Å²) in [5.74, 6) is 2.47. The van der Waals surface area contributed by atoms with Crippen LogP contribution in [0.15, 0.2) is 47.0 Å². The molecule has 2 fully saturated rings. The molecule has 9 heteroatoms. The summed E-state index contributed by atoms with van der Waals surface area (Å²) in [7, 11) is 1.51. The number of benzene rings is 2. The number of likely N-dealkylation sites (tertiary alicyclic amines) is 1. The maximum atomic E-state index is 12.5. The van der Waals surface area contributed by atoms with Crippen LogP contribution in [0.2, 0.25) is 0 Å². The van der Waals surface area contributed by atoms with Crippen molar-refractivity contribution >= 4 is 22.8 Å². The fourth-order valence-electron chi connectivity index (χ4n) is 5.06. The third-order valence-electron chi connectivity index (χ3n) is 6.72. The van der Waals surface area contributed by atoms with Gasteiger partial charge in [0.15, 0.2) is 18.1 Å². The second kappa shape index (κ2) is 9.85. The molecule has 2 aliphatic rings. The van der Waals surface area contributed by atoms with Crippen molar-refractivity contribution in [1.29, 1.82) is 0 Å². The van der Waals surface area contributed by atoms with Crippen LogP contribution in [0.1, 0.15) is 36.0 Å². The van der Waals surface area contributed by atoms with Gasteiger partial charge in [-0.1, -0.05) is 17.3 Å². The van der Waals surface area contributed by atoms with Crippen LogP contribution in [-0.4, -0.2) is 54.9 Å². The standard InChI is InChI=1S/C26H29N3O6/c1-3-32-20-6-4-16-5-7-21(9-17(16)8-20)34-22-10-18-13-29(14-19(18)11-22)26(31)33-15-23-12-24(28-35-23)25(30)27-2/h4-9,12,18-19,22H,3,10-11,13-15H2,1-2H3,(H,27,30)/t18-,19+,22?. The van der Waals surface area contributed by atoms with Crippen molar-refractivity contribution in [2.45, 2.75) is 32.5 Å². The van der Waals surface area contributed by atoms with Gasteiger partial charge in [0.2, 0.25) is 0 Å². The van der Waals surface area contributed by atoms with Gasteiger partial charge in [0.1, 0.15) is 11.5 Å². The lowest BCUT2D eigenvalue weighted by Crippen LogP contribution is -2.31. The van der Waals surface area contributed by atoms with E-state index in [0.717, 1.165) is 35.1 Å². The average molecular weight is 480 g/mol. The summed E-state index contributed by atoms with van der Waals surface area (Å²) in [6.45, 7) is 3.85. The molecule has 5 rings (SSSR count). The van der Waals surface area contributed by atoms with Gasteiger partial charge in [-0.25, -0.2) is 4.79 Å². The van der Waals surface area contributed by atoms with Crippen LogP contribution in [0, 0.1) is 11.8 Å². The largest absolute Gasteiger partial charge is 0.494 e. The maximum absolute atomic E-state index is 12.5. The number of aromatic nitrogens is 1. The Labute approximate surface area is 203 Å². The lowest BCUT2D eigenvalue weighted by atomic mass is 10.0. The van der Waals surface area contributed by atoms with Gasteiger partial charge in [0.25, 0.3) is 5.91 Å². The van der Waals surface area contributed by atoms with E-state index in [0.29, 0.717) is 37.3 Å². The third-order valence-corrected chi connectivity index (χ3v) is 6.72. The zero-order valence-electron chi connectivity index (χ0n) is 19.9. The van der Waals surface area contributed by atoms with Gasteiger partial charge in [-0.15, -0.1) is 0 Å². The normalized spacial score (nSPS) is 21.1. The van der Waals surface area contributed by atoms with Crippen molar-refractivity contribution in [3.8, 4) is 11.5 Å². The summed E-state index contributed by atoms with van der Waals surface area (Å²) < 4.78 is 22.4. The van der Waals surface area contributed by atoms with E-state index in [1.54, 1.807) is 4.90 Å². The number of hydrogen-bond acceptors (Lipinski definition) is 7. The molecule has 2 amide bonds. The van der Waals surface area contributed by atoms with Crippen molar-refractivity contribution in [2.75, 3.05) is 26.7 Å². The molecule has 1 N–H and O–H groups in total. The predicted octanol–water partition coefficient (Wildman–Crippen LogP) is 4.01. The molecule has 3 aromatic rings. The van der Waals surface area contributed by atoms with E-state index < -0.39 is 0 Å². The SMILES string of the molecule is CCOc1ccc2ccc(OC3C[C@@H]4CN(C(=O)OCc5cc(C(=O)NC)no5)C[C@@H]4C3)cc2c1. The second-order valence-corrected chi connectivity index (χ2v) is 9.05. The zero-order valence-corrected chi connectivity index (χ0v) is 19.9. The number of nitrogens with one attached hydrogen (secondary N) is 1. The van der Waals surface area contributed by atoms with E-state index >= 15 is 0 Å². The monoisotopic (exact) mass is 479 g/mol. The number of ether oxygens (including phenoxy) is 3. The molecule has 1 aromatic heterocycles. The Bertz CT molecular complexity index is 1210. The van der Waals surface area contributed by atoms with Crippen LogP contribution in [-0.2, 0) is 11.3 Å². The molecule has 3 atom stereocenters. The Balaban J connectivity index is 1.12. The first-order valence-electron chi connectivity index (χ1n) is 11.9. The van der Waals surface area contributed by atoms with Gasteiger partial charge in [-0.3, -0.25) is 4.79 Å². The molecular formula is C26H29N3O6. The number of carbonyl (C=O) groups excluding carboxylic acids is 2. The minimum Gasteiger partial charge on any atom is -0.494 e. The summed E-state index contributed by atoms with van der Waals surface area (Å²) >= 11 is 0. The van der Waals surface area contributed by atoms with Crippen LogP contribution in [0.3, 0.4) is 0 Å². The first-order chi connectivity index (χ1) is 17.0. The average Bonchev–Trinajstić information content (AvgIpc) is 3.57. The van der Waals surface area contributed by atoms with E-state index in [9.17, 15) is 9.59 Å². The van der Waals surface area contributed by atoms with Crippen molar-refractivity contribution < 1.29 is 28.3 Å². The second-order valence-electron chi connectivity index (χ2n) is 9.05. The highest BCUT2D eigenvalue weighted by Gasteiger charge is 2.43. The lowest BCUT2D eigenvalue weighted by molar-refractivity contribution is 0.0896. The molecule has 0 spiro atoms. The van der Waals surface area contributed by atoms with Gasteiger partial charge in [0, 0.05) is 26.2 Å². The van der Waals surface area contributed by atoms with Crippen LogP contribution in [0.25, 0.3) is 10.8 Å². The van der Waals surface area contributed by atoms with E-state index in [1.807, 2.05) is 25.1 Å². The lowest BCUT2D eigenvalue weighted by Gasteiger charge is -2.20. The number of rotatable bonds is 7. The molecule has 0 bridgehead atoms. The molecule has 1 unspecified atom stereocenters. The molecule has 184 valence electrons. The molecule has 1 saturated heterocycles. The smallest absolute Gasteiger partial charge is 0.410 e. The van der Waals surface area contributed by atoms with E-state index in [4.69, 9.17) is 18.7 Å². The Morgan fingerprint density at radius 1 is 1.06 bits per heavy atom. The van der Waals surface area contributed by atoms with Gasteiger partial charge in [0.05, 0.1) is 12.7 Å². The van der Waals surface area contributed by atoms with E-state index in [2.05, 4.69) is 28.7 Å². The van der Waals surface area contributed by atoms with Gasteiger partial charge < -0.3 is 29.0 Å². The molecule has 2 heterocycles. The Hall–Kier alpha value is -3.75. The summed E-state index contributed by atoms with van der Waals surface area (Å²) in [6, 6.07) is 13.7. The van der Waals surface area contributed by atoms with Crippen LogP contribution in [0.5, 0.6) is 11.5 Å². The van der Waals surface area contributed by atoms with E-state index in [1.165, 1.54) is 13.1 Å². The maximum Gasteiger partial charge on any atom is 0.410 e. The van der Waals surface area contributed by atoms with E-state index in [-0.39, 0.29) is 30.4 Å². The molecule has 2 aromatic carbocycles. The van der Waals surface area contributed by atoms with Crippen molar-refractivity contribution in [1.82, 2.24) is 15.4 Å². The minimum atomic E-state index is -0.380. The molecule has 1 aliphatic carbocycles. The first-order valence-corrected chi connectivity index (χ1v) is 11.9. The molecule has 35 heavy (non-hydrogen) atoms. The van der Waals surface area contributed by atoms with Gasteiger partial charge >= 0.3 is 6.09 Å². The van der Waals surface area contributed by atoms with Crippen molar-refractivity contribution in [2.24, 2.45) is 11.8 Å². The third kappa shape index (κ3) is 5.03. The fourth-order valence-corrected chi connectivity index (χ4v) is 5.06. The molecule has 9 nitrogen and oxygen atoms in total. The highest BCUT2D eigenvalue weighted by molar-refractivity contribution is 5.91. The molecular weight excluding hydrogens is 450 g/mol. The number of nitrogens with zero attached hydrogens (tertiary/aromatic N) is 2. The Morgan fingerprint density at radius 3 is 2.49 bits per heavy atom. The highest BCUT2D eigenvalue weighted by Crippen LogP contribution is 2.40. The zero-order chi connectivity index (χ0) is 24.4. The number of hydrogen-bond donors (Lipinski definition) is 1. The predicted molar refractivity (Wildman–Crippen MR) is 127 cm³/mol. The number of fused-ring (bicyclic) bond motifs is 2. The van der Waals surface area contributed by atoms with Crippen LogP contribution < -0.4 is 14.8 Å². The summed E-state index contributed by atoms with van der Waals surface area (Å²) in [6.07, 6.45) is 1.56. The Kier molecular flexibility index (Phi) is 6.48. The Morgan fingerprint density at radius 2 is 1.77 bits per heavy atom. The fraction of sp³-hybridized carbons (Fsp3) is 0.423. The van der Waals surface area contributed by atoms with Crippen molar-refractivity contribution in [3.63, 3.8) is 0 Å². The minimum absolute atomic E-state index is 0.0621. The number of amides is 2. The molecule has 1 saturated carbocycles. The summed E-state index contributed by atoms with van der Waals surface area (Å²) in [5, 5.41) is 8.38. The van der Waals surface area contributed by atoms with Crippen LogP contribution >= 0.6 is 0 Å². The van der Waals surface area contributed by atoms with Crippen LogP contribution in [0.4, 0.5) is 4.79 Å².